The first-order chi connectivity index (χ1) is 15.5. The van der Waals surface area contributed by atoms with Gasteiger partial charge in [0.2, 0.25) is 0 Å². The molecule has 0 spiro atoms. The van der Waals surface area contributed by atoms with E-state index in [2.05, 4.69) is 0 Å². The molecule has 0 heterocycles. The van der Waals surface area contributed by atoms with Gasteiger partial charge in [-0.3, -0.25) is 14.0 Å². The second-order valence-electron chi connectivity index (χ2n) is 8.03. The largest absolute Gasteiger partial charge is 0.285 e. The number of nitrogens with zero attached hydrogens (tertiary/aromatic N) is 1. The van der Waals surface area contributed by atoms with E-state index in [1.165, 1.54) is 24.3 Å². The van der Waals surface area contributed by atoms with Crippen LogP contribution in [0.1, 0.15) is 38.6 Å². The molecule has 9 heteroatoms. The van der Waals surface area contributed by atoms with Gasteiger partial charge in [-0.2, -0.15) is 16.8 Å². The lowest BCUT2D eigenvalue weighted by Crippen LogP contribution is -2.41. The maximum absolute atomic E-state index is 12.6. The second kappa shape index (κ2) is 10.1. The van der Waals surface area contributed by atoms with E-state index >= 15 is 0 Å². The summed E-state index contributed by atoms with van der Waals surface area (Å²) in [6, 6.07) is 22.0. The Balaban J connectivity index is 2.18. The van der Waals surface area contributed by atoms with Crippen LogP contribution in [-0.4, -0.2) is 37.4 Å². The number of aryl methyl sites for hydroxylation is 2. The molecule has 0 radical (unpaired) electrons. The number of rotatable bonds is 9. The fourth-order valence-electron chi connectivity index (χ4n) is 3.79. The summed E-state index contributed by atoms with van der Waals surface area (Å²) in [6.45, 7) is 3.58. The van der Waals surface area contributed by atoms with Crippen LogP contribution in [-0.2, 0) is 26.7 Å². The first-order valence-corrected chi connectivity index (χ1v) is 13.3. The minimum absolute atomic E-state index is 0.0688. The van der Waals surface area contributed by atoms with Gasteiger partial charge in [0.25, 0.3) is 20.2 Å². The first kappa shape index (κ1) is 25.1. The fraction of sp³-hybridized carbons (Fsp3) is 0.250. The zero-order chi connectivity index (χ0) is 24.2. The van der Waals surface area contributed by atoms with Crippen LogP contribution in [0.25, 0.3) is 0 Å². The summed E-state index contributed by atoms with van der Waals surface area (Å²) in [7, 11) is -9.61. The van der Waals surface area contributed by atoms with Crippen LogP contribution in [0.5, 0.6) is 0 Å². The van der Waals surface area contributed by atoms with Crippen LogP contribution in [0.3, 0.4) is 0 Å². The van der Waals surface area contributed by atoms with Gasteiger partial charge in [-0.15, -0.1) is 0 Å². The number of hydrogen-bond acceptors (Lipinski definition) is 5. The molecule has 176 valence electrons. The van der Waals surface area contributed by atoms with Gasteiger partial charge in [-0.25, -0.2) is 0 Å². The van der Waals surface area contributed by atoms with Crippen molar-refractivity contribution in [1.82, 2.24) is 4.90 Å². The zero-order valence-electron chi connectivity index (χ0n) is 18.4. The Morgan fingerprint density at radius 1 is 0.667 bits per heavy atom. The topological polar surface area (TPSA) is 112 Å². The van der Waals surface area contributed by atoms with Gasteiger partial charge in [0.15, 0.2) is 10.7 Å². The molecule has 0 saturated carbocycles. The quantitative estimate of drug-likeness (QED) is 0.431. The van der Waals surface area contributed by atoms with Gasteiger partial charge in [0.05, 0.1) is 0 Å². The Morgan fingerprint density at radius 3 is 1.42 bits per heavy atom. The summed E-state index contributed by atoms with van der Waals surface area (Å²) in [5.74, 6) is 0. The summed E-state index contributed by atoms with van der Waals surface area (Å²) in [5, 5.41) is -3.43. The van der Waals surface area contributed by atoms with Crippen molar-refractivity contribution in [3.05, 3.63) is 107 Å². The van der Waals surface area contributed by atoms with Gasteiger partial charge in [0, 0.05) is 6.54 Å². The molecule has 0 amide bonds. The van der Waals surface area contributed by atoms with Crippen molar-refractivity contribution < 1.29 is 25.9 Å². The Kier molecular flexibility index (Phi) is 7.71. The molecule has 2 atom stereocenters. The monoisotopic (exact) mass is 489 g/mol. The van der Waals surface area contributed by atoms with Gasteiger partial charge >= 0.3 is 0 Å². The summed E-state index contributed by atoms with van der Waals surface area (Å²) in [4.78, 5) is 1.12. The third-order valence-electron chi connectivity index (χ3n) is 5.39. The van der Waals surface area contributed by atoms with Crippen LogP contribution in [0.2, 0.25) is 0 Å². The standard InChI is InChI=1S/C24H27NO6S2/c1-18-8-12-21(13-9-18)23(32(26,27)28)25(17-16-20-6-4-3-5-7-20)24(33(29,30)31)22-14-10-19(2)11-15-22/h3-15,23-24H,16-17H2,1-2H3,(H,26,27,28)(H,29,30,31). The van der Waals surface area contributed by atoms with Gasteiger partial charge in [-0.1, -0.05) is 90.0 Å². The molecule has 3 aromatic rings. The van der Waals surface area contributed by atoms with Crippen LogP contribution < -0.4 is 0 Å². The second-order valence-corrected chi connectivity index (χ2v) is 11.0. The Labute approximate surface area is 195 Å². The molecule has 2 unspecified atom stereocenters. The van der Waals surface area contributed by atoms with Crippen molar-refractivity contribution in [3.63, 3.8) is 0 Å². The smallest absolute Gasteiger partial charge is 0.284 e. The van der Waals surface area contributed by atoms with Crippen molar-refractivity contribution in [2.24, 2.45) is 0 Å². The summed E-state index contributed by atoms with van der Waals surface area (Å²) >= 11 is 0. The molecule has 7 nitrogen and oxygen atoms in total. The molecule has 3 rings (SSSR count). The minimum Gasteiger partial charge on any atom is -0.284 e. The summed E-state index contributed by atoms with van der Waals surface area (Å²) in [6.07, 6.45) is 0.288. The predicted octanol–water partition coefficient (Wildman–Crippen LogP) is 4.32. The van der Waals surface area contributed by atoms with Crippen LogP contribution in [0.4, 0.5) is 0 Å². The molecule has 0 aromatic heterocycles. The molecule has 0 aliphatic rings. The number of hydrogen-bond donors (Lipinski definition) is 2. The van der Waals surface area contributed by atoms with E-state index in [4.69, 9.17) is 0 Å². The van der Waals surface area contributed by atoms with Crippen LogP contribution >= 0.6 is 0 Å². The maximum Gasteiger partial charge on any atom is 0.285 e. The fourth-order valence-corrected chi connectivity index (χ4v) is 6.01. The van der Waals surface area contributed by atoms with Crippen LogP contribution in [0, 0.1) is 13.8 Å². The van der Waals surface area contributed by atoms with Gasteiger partial charge in [0.1, 0.15) is 0 Å². The molecule has 0 aliphatic carbocycles. The van der Waals surface area contributed by atoms with Gasteiger partial charge in [-0.05, 0) is 37.0 Å². The minimum atomic E-state index is -4.81. The third kappa shape index (κ3) is 6.49. The summed E-state index contributed by atoms with van der Waals surface area (Å²) in [5.41, 5.74) is 2.97. The highest BCUT2D eigenvalue weighted by Crippen LogP contribution is 2.37. The lowest BCUT2D eigenvalue weighted by Gasteiger charge is -2.35. The first-order valence-electron chi connectivity index (χ1n) is 10.3. The average molecular weight is 490 g/mol. The Morgan fingerprint density at radius 2 is 1.06 bits per heavy atom. The zero-order valence-corrected chi connectivity index (χ0v) is 20.0. The predicted molar refractivity (Wildman–Crippen MR) is 128 cm³/mol. The van der Waals surface area contributed by atoms with E-state index in [9.17, 15) is 25.9 Å². The normalized spacial score (nSPS) is 14.2. The molecular weight excluding hydrogens is 462 g/mol. The average Bonchev–Trinajstić information content (AvgIpc) is 2.74. The van der Waals surface area contributed by atoms with E-state index in [0.29, 0.717) is 0 Å². The molecular formula is C24H27NO6S2. The summed E-state index contributed by atoms with van der Waals surface area (Å²) < 4.78 is 71.0. The SMILES string of the molecule is Cc1ccc(C(N(CCc2ccccc2)C(c2ccc(C)cc2)S(=O)(=O)O)S(=O)(=O)O)cc1. The highest BCUT2D eigenvalue weighted by atomic mass is 32.2. The Bertz CT molecular complexity index is 1190. The van der Waals surface area contributed by atoms with Crippen molar-refractivity contribution in [2.75, 3.05) is 6.54 Å². The molecule has 3 aromatic carbocycles. The van der Waals surface area contributed by atoms with E-state index in [1.54, 1.807) is 24.3 Å². The molecule has 33 heavy (non-hydrogen) atoms. The van der Waals surface area contributed by atoms with Crippen molar-refractivity contribution in [2.45, 2.75) is 31.0 Å². The highest BCUT2D eigenvalue weighted by Gasteiger charge is 2.42. The molecule has 0 fully saturated rings. The molecule has 0 bridgehead atoms. The molecule has 2 N–H and O–H groups in total. The van der Waals surface area contributed by atoms with E-state index < -0.39 is 31.0 Å². The number of benzene rings is 3. The highest BCUT2D eigenvalue weighted by molar-refractivity contribution is 7.86. The van der Waals surface area contributed by atoms with E-state index in [-0.39, 0.29) is 24.1 Å². The van der Waals surface area contributed by atoms with Gasteiger partial charge < -0.3 is 0 Å². The molecule has 0 saturated heterocycles. The van der Waals surface area contributed by atoms with Crippen molar-refractivity contribution in [3.8, 4) is 0 Å². The Hall–Kier alpha value is -2.56. The molecule has 0 aliphatic heterocycles. The van der Waals surface area contributed by atoms with E-state index in [1.807, 2.05) is 44.2 Å². The third-order valence-corrected chi connectivity index (χ3v) is 7.61. The maximum atomic E-state index is 12.6. The van der Waals surface area contributed by atoms with Crippen molar-refractivity contribution >= 4 is 20.2 Å². The van der Waals surface area contributed by atoms with E-state index in [0.717, 1.165) is 21.6 Å². The lowest BCUT2D eigenvalue weighted by molar-refractivity contribution is 0.209. The van der Waals surface area contributed by atoms with Crippen LogP contribution in [0.15, 0.2) is 78.9 Å². The van der Waals surface area contributed by atoms with Crippen molar-refractivity contribution in [1.29, 1.82) is 0 Å². The lowest BCUT2D eigenvalue weighted by atomic mass is 10.1.